The summed E-state index contributed by atoms with van der Waals surface area (Å²) in [7, 11) is 0. The highest BCUT2D eigenvalue weighted by Crippen LogP contribution is 2.49. The molecule has 0 N–H and O–H groups in total. The molecular formula is C142H104N6. The Morgan fingerprint density at radius 3 is 0.622 bits per heavy atom. The van der Waals surface area contributed by atoms with Gasteiger partial charge < -0.3 is 0 Å². The van der Waals surface area contributed by atoms with Crippen LogP contribution in [0.25, 0.3) is 264 Å². The number of aryl methyl sites for hydroxylation is 6. The van der Waals surface area contributed by atoms with Crippen molar-refractivity contribution in [1.29, 1.82) is 0 Å². The number of rotatable bonds is 16. The Morgan fingerprint density at radius 2 is 0.358 bits per heavy atom. The summed E-state index contributed by atoms with van der Waals surface area (Å²) in [6.45, 7) is 13.3. The van der Waals surface area contributed by atoms with Gasteiger partial charge in [0.05, 0.1) is 67.3 Å². The zero-order chi connectivity index (χ0) is 99.4. The highest BCUT2D eigenvalue weighted by atomic mass is 14.8. The average molecular weight is 1890 g/mol. The van der Waals surface area contributed by atoms with Crippen LogP contribution in [-0.2, 0) is 25.7 Å². The maximum Gasteiger partial charge on any atom is 0.0978 e. The summed E-state index contributed by atoms with van der Waals surface area (Å²) in [5, 5.41) is 21.3. The second-order valence-corrected chi connectivity index (χ2v) is 38.8. The predicted molar refractivity (Wildman–Crippen MR) is 628 cm³/mol. The number of hydrogen-bond acceptors (Lipinski definition) is 6. The Kier molecular flexibility index (Phi) is 24.0. The lowest BCUT2D eigenvalue weighted by Crippen LogP contribution is -1.99. The largest absolute Gasteiger partial charge is 0.245 e. The van der Waals surface area contributed by atoms with Gasteiger partial charge in [-0.05, 0) is 241 Å². The molecule has 6 heterocycles. The van der Waals surface area contributed by atoms with Crippen molar-refractivity contribution < 1.29 is 0 Å². The molecular weight excluding hydrogens is 1790 g/mol. The topological polar surface area (TPSA) is 77.3 Å². The van der Waals surface area contributed by atoms with E-state index < -0.39 is 0 Å². The summed E-state index contributed by atoms with van der Waals surface area (Å²) in [6.07, 6.45) is 3.73. The Morgan fingerprint density at radius 1 is 0.149 bits per heavy atom. The lowest BCUT2D eigenvalue weighted by atomic mass is 9.90. The van der Waals surface area contributed by atoms with E-state index in [1.165, 1.54) is 120 Å². The molecule has 0 spiro atoms. The highest BCUT2D eigenvalue weighted by molar-refractivity contribution is 6.20. The summed E-state index contributed by atoms with van der Waals surface area (Å²) in [6, 6.07) is 170. The first-order valence-electron chi connectivity index (χ1n) is 51.8. The number of hydrogen-bond donors (Lipinski definition) is 0. The molecule has 0 aliphatic rings. The molecule has 148 heavy (non-hydrogen) atoms. The van der Waals surface area contributed by atoms with Gasteiger partial charge in [0.15, 0.2) is 0 Å². The monoisotopic (exact) mass is 1890 g/mol. The van der Waals surface area contributed by atoms with E-state index in [2.05, 4.69) is 515 Å². The number of fused-ring (bicyclic) bond motifs is 15. The summed E-state index contributed by atoms with van der Waals surface area (Å²) < 4.78 is 0. The van der Waals surface area contributed by atoms with E-state index >= 15 is 0 Å². The first-order valence-corrected chi connectivity index (χ1v) is 51.8. The minimum Gasteiger partial charge on any atom is -0.245 e. The number of benzene rings is 21. The highest BCUT2D eigenvalue weighted by Gasteiger charge is 2.27. The van der Waals surface area contributed by atoms with E-state index in [-0.39, 0.29) is 0 Å². The van der Waals surface area contributed by atoms with Gasteiger partial charge in [0.25, 0.3) is 0 Å². The molecule has 0 atom stereocenters. The molecule has 0 aliphatic heterocycles. The van der Waals surface area contributed by atoms with Crippen molar-refractivity contribution in [2.45, 2.75) is 67.2 Å². The van der Waals surface area contributed by atoms with Gasteiger partial charge in [0.2, 0.25) is 0 Å². The molecule has 0 radical (unpaired) electrons. The van der Waals surface area contributed by atoms with Gasteiger partial charge >= 0.3 is 0 Å². The predicted octanol–water partition coefficient (Wildman–Crippen LogP) is 38.1. The van der Waals surface area contributed by atoms with Crippen molar-refractivity contribution in [1.82, 2.24) is 29.9 Å². The molecule has 0 saturated heterocycles. The average Bonchev–Trinajstić information content (AvgIpc) is 0.728. The van der Waals surface area contributed by atoms with Crippen LogP contribution in [0.2, 0.25) is 0 Å². The first-order chi connectivity index (χ1) is 73.1. The van der Waals surface area contributed by atoms with Gasteiger partial charge in [-0.1, -0.05) is 464 Å². The van der Waals surface area contributed by atoms with Crippen molar-refractivity contribution in [3.8, 4) is 134 Å². The van der Waals surface area contributed by atoms with E-state index in [9.17, 15) is 0 Å². The van der Waals surface area contributed by atoms with E-state index in [1.54, 1.807) is 0 Å². The molecule has 0 fully saturated rings. The Bertz CT molecular complexity index is 9320. The van der Waals surface area contributed by atoms with Crippen LogP contribution in [0.3, 0.4) is 0 Å². The van der Waals surface area contributed by atoms with Crippen LogP contribution in [0.5, 0.6) is 0 Å². The van der Waals surface area contributed by atoms with Crippen molar-refractivity contribution >= 4 is 130 Å². The Labute approximate surface area is 861 Å². The fourth-order valence-corrected chi connectivity index (χ4v) is 23.0. The molecule has 702 valence electrons. The molecule has 6 aromatic heterocycles. The lowest BCUT2D eigenvalue weighted by Gasteiger charge is -2.18. The van der Waals surface area contributed by atoms with Crippen LogP contribution in [0.15, 0.2) is 473 Å². The van der Waals surface area contributed by atoms with E-state index in [0.29, 0.717) is 0 Å². The molecule has 0 amide bonds. The Balaban J connectivity index is 0.000000115. The second kappa shape index (κ2) is 39.1. The van der Waals surface area contributed by atoms with Crippen LogP contribution in [-0.4, -0.2) is 29.9 Å². The van der Waals surface area contributed by atoms with Crippen molar-refractivity contribution in [2.75, 3.05) is 0 Å². The molecule has 6 nitrogen and oxygen atoms in total. The Hall–Kier alpha value is -18.4. The smallest absolute Gasteiger partial charge is 0.0978 e. The molecule has 0 saturated carbocycles. The van der Waals surface area contributed by atoms with Crippen molar-refractivity contribution in [3.05, 3.63) is 507 Å². The van der Waals surface area contributed by atoms with E-state index in [4.69, 9.17) is 29.9 Å². The molecule has 6 heteroatoms. The van der Waals surface area contributed by atoms with Crippen LogP contribution in [0.4, 0.5) is 0 Å². The molecule has 0 aliphatic carbocycles. The molecule has 0 unspecified atom stereocenters. The molecule has 27 rings (SSSR count). The van der Waals surface area contributed by atoms with Crippen LogP contribution >= 0.6 is 0 Å². The summed E-state index contributed by atoms with van der Waals surface area (Å²) in [5.41, 5.74) is 39.9. The minimum atomic E-state index is 0.910. The summed E-state index contributed by atoms with van der Waals surface area (Å²) >= 11 is 0. The van der Waals surface area contributed by atoms with Gasteiger partial charge in [0.1, 0.15) is 0 Å². The van der Waals surface area contributed by atoms with Crippen molar-refractivity contribution in [3.63, 3.8) is 0 Å². The maximum atomic E-state index is 5.63. The first kappa shape index (κ1) is 90.9. The van der Waals surface area contributed by atoms with Crippen LogP contribution < -0.4 is 0 Å². The maximum absolute atomic E-state index is 5.63. The van der Waals surface area contributed by atoms with E-state index in [1.807, 2.05) is 0 Å². The summed E-state index contributed by atoms with van der Waals surface area (Å²) in [5.74, 6) is 0. The fourth-order valence-electron chi connectivity index (χ4n) is 23.0. The lowest BCUT2D eigenvalue weighted by molar-refractivity contribution is 1.14. The SMILES string of the molecule is CCc1ccc2ccccc2c1-c1cc(-c2ccccc2)c2ccc3c(-c4ccccc4)cc(-c4c(CC)ccc5ccccc45)nc3c2n1.CCc1cccc2cccc(-c3cc(-c4ccccc4)c4ccc5c(-c6ccccc6)cc(-c6cccc7cccc(CC)c67)nc5c4n3)c12.Cc1ccc2ccccc2c1-c1cc(-c2ccccc2)c2ccc3c(-c4ccccc4)cc(-c4c(C)ccc5ccccc45)nc3c2n1. The van der Waals surface area contributed by atoms with Gasteiger partial charge in [0, 0.05) is 65.7 Å². The third kappa shape index (κ3) is 16.5. The third-order valence-corrected chi connectivity index (χ3v) is 30.2. The third-order valence-electron chi connectivity index (χ3n) is 30.2. The van der Waals surface area contributed by atoms with Crippen LogP contribution in [0.1, 0.15) is 61.1 Å². The van der Waals surface area contributed by atoms with Gasteiger partial charge in [-0.2, -0.15) is 0 Å². The van der Waals surface area contributed by atoms with E-state index in [0.717, 1.165) is 203 Å². The van der Waals surface area contributed by atoms with Gasteiger partial charge in [-0.25, -0.2) is 29.9 Å². The fraction of sp³-hybridized carbons (Fsp3) is 0.0704. The minimum absolute atomic E-state index is 0.910. The normalized spacial score (nSPS) is 11.6. The van der Waals surface area contributed by atoms with Crippen LogP contribution in [0, 0.1) is 13.8 Å². The molecule has 21 aromatic carbocycles. The molecule has 0 bridgehead atoms. The zero-order valence-electron chi connectivity index (χ0n) is 83.5. The van der Waals surface area contributed by atoms with Gasteiger partial charge in [-0.15, -0.1) is 0 Å². The molecule has 27 aromatic rings. The quantitative estimate of drug-likeness (QED) is 0.0897. The number of aromatic nitrogens is 6. The number of pyridine rings is 6. The van der Waals surface area contributed by atoms with Gasteiger partial charge in [-0.3, -0.25) is 0 Å². The zero-order valence-corrected chi connectivity index (χ0v) is 83.5. The number of nitrogens with zero attached hydrogens (tertiary/aromatic N) is 6. The van der Waals surface area contributed by atoms with Crippen molar-refractivity contribution in [2.24, 2.45) is 0 Å². The second-order valence-electron chi connectivity index (χ2n) is 38.8. The standard InChI is InChI=1S/2C48H36N2.C46H32N2/c1-3-31-19-11-21-35-23-13-25-39(45(31)35)43-29-41(33-15-7-5-8-16-33)37-27-28-38-42(34-17-9-6-10-18-34)30-44(50-48(38)47(37)49-43)40-26-14-24-36-22-12-20-32(4-2)46(36)40;1-3-31-23-25-35-19-11-13-21-37(35)45(31)43-29-41(33-15-7-5-8-16-33)39-27-28-40-42(34-17-9-6-10-18-34)30-44(50-48(40)47(39)49-43)46-32(4-2)24-26-36-20-12-14-22-38(36)46;1-29-21-23-33-17-9-11-19-35(33)43(29)41-27-39(31-13-5-3-6-14-31)37-25-26-38-40(32-15-7-4-8-16-32)28-42(48-46(38)45(37)47-41)44-30(2)22-24-34-18-10-12-20-36(34)44/h2*5-30H,3-4H2,1-2H3;3-28H,1-2H3. The summed E-state index contributed by atoms with van der Waals surface area (Å²) in [4.78, 5) is 33.6.